The average molecular weight is 206 g/mol. The maximum Gasteiger partial charge on any atom is 0.462 e. The summed E-state index contributed by atoms with van der Waals surface area (Å²) in [6.07, 6.45) is -5.21. The Morgan fingerprint density at radius 3 is 1.67 bits per heavy atom. The van der Waals surface area contributed by atoms with Gasteiger partial charge in [-0.3, -0.25) is 9.36 Å². The van der Waals surface area contributed by atoms with E-state index in [-0.39, 0.29) is 0 Å². The van der Waals surface area contributed by atoms with Gasteiger partial charge in [-0.2, -0.15) is 13.2 Å². The van der Waals surface area contributed by atoms with E-state index in [1.807, 2.05) is 0 Å². The second kappa shape index (κ2) is 3.55. The second-order valence-corrected chi connectivity index (χ2v) is 3.80. The van der Waals surface area contributed by atoms with Gasteiger partial charge in [0.05, 0.1) is 0 Å². The van der Waals surface area contributed by atoms with Crippen LogP contribution in [0, 0.1) is 0 Å². The summed E-state index contributed by atoms with van der Waals surface area (Å²) in [4.78, 5) is 10.3. The normalized spacial score (nSPS) is 13.1. The molecule has 0 aliphatic rings. The molecule has 0 radical (unpaired) electrons. The zero-order valence-electron chi connectivity index (χ0n) is 6.21. The highest BCUT2D eigenvalue weighted by molar-refractivity contribution is 7.72. The van der Waals surface area contributed by atoms with Crippen LogP contribution in [0.5, 0.6) is 0 Å². The Bertz CT molecular complexity index is 215. The summed E-state index contributed by atoms with van der Waals surface area (Å²) in [5.41, 5.74) is -2.50. The largest absolute Gasteiger partial charge is 0.462 e. The van der Waals surface area contributed by atoms with E-state index in [9.17, 15) is 22.5 Å². The van der Waals surface area contributed by atoms with Crippen molar-refractivity contribution < 1.29 is 31.6 Å². The highest BCUT2D eigenvalue weighted by Crippen LogP contribution is 2.51. The van der Waals surface area contributed by atoms with Crippen molar-refractivity contribution in [2.45, 2.75) is 6.18 Å². The lowest BCUT2D eigenvalue weighted by Gasteiger charge is -2.12. The fourth-order valence-electron chi connectivity index (χ4n) is 0.396. The maximum atomic E-state index is 11.6. The summed E-state index contributed by atoms with van der Waals surface area (Å²) in [7, 11) is -3.25. The monoisotopic (exact) mass is 206 g/mol. The predicted molar refractivity (Wildman–Crippen MR) is 32.7 cm³/mol. The van der Waals surface area contributed by atoms with E-state index in [1.54, 1.807) is 0 Å². The molecular formula is C4H6F3O4P. The molecule has 0 unspecified atom stereocenters. The van der Waals surface area contributed by atoms with E-state index in [0.717, 1.165) is 0 Å². The molecule has 12 heavy (non-hydrogen) atoms. The van der Waals surface area contributed by atoms with Gasteiger partial charge in [0.1, 0.15) is 0 Å². The Morgan fingerprint density at radius 1 is 1.25 bits per heavy atom. The number of hydrogen-bond acceptors (Lipinski definition) is 4. The second-order valence-electron chi connectivity index (χ2n) is 1.67. The van der Waals surface area contributed by atoms with Crippen molar-refractivity contribution in [1.82, 2.24) is 0 Å². The molecule has 0 heterocycles. The van der Waals surface area contributed by atoms with Gasteiger partial charge in [0.25, 0.3) is 0 Å². The lowest BCUT2D eigenvalue weighted by molar-refractivity contribution is -0.163. The summed E-state index contributed by atoms with van der Waals surface area (Å²) >= 11 is 0. The Balaban J connectivity index is 4.80. The van der Waals surface area contributed by atoms with Crippen LogP contribution in [0.25, 0.3) is 0 Å². The van der Waals surface area contributed by atoms with E-state index in [2.05, 4.69) is 9.05 Å². The molecule has 0 aromatic carbocycles. The van der Waals surface area contributed by atoms with Gasteiger partial charge >= 0.3 is 19.3 Å². The zero-order valence-corrected chi connectivity index (χ0v) is 7.11. The molecule has 0 aliphatic heterocycles. The van der Waals surface area contributed by atoms with Crippen LogP contribution in [0.1, 0.15) is 0 Å². The quantitative estimate of drug-likeness (QED) is 0.657. The van der Waals surface area contributed by atoms with Crippen LogP contribution in [0.15, 0.2) is 0 Å². The van der Waals surface area contributed by atoms with E-state index >= 15 is 0 Å². The zero-order chi connectivity index (χ0) is 9.99. The molecule has 0 aromatic heterocycles. The van der Waals surface area contributed by atoms with Crippen LogP contribution >= 0.6 is 7.60 Å². The van der Waals surface area contributed by atoms with Gasteiger partial charge in [-0.05, 0) is 0 Å². The van der Waals surface area contributed by atoms with Gasteiger partial charge in [0, 0.05) is 14.2 Å². The first kappa shape index (κ1) is 11.6. The van der Waals surface area contributed by atoms with Gasteiger partial charge in [-0.25, -0.2) is 0 Å². The van der Waals surface area contributed by atoms with Crippen molar-refractivity contribution in [2.24, 2.45) is 0 Å². The van der Waals surface area contributed by atoms with Gasteiger partial charge in [0.15, 0.2) is 0 Å². The highest BCUT2D eigenvalue weighted by atomic mass is 31.2. The molecule has 0 bridgehead atoms. The smallest absolute Gasteiger partial charge is 0.306 e. The van der Waals surface area contributed by atoms with Crippen molar-refractivity contribution in [3.8, 4) is 0 Å². The fraction of sp³-hybridized carbons (Fsp3) is 0.750. The van der Waals surface area contributed by atoms with Crippen LogP contribution in [-0.2, 0) is 18.4 Å². The Hall–Kier alpha value is -0.390. The summed E-state index contributed by atoms with van der Waals surface area (Å²) < 4.78 is 53.4. The van der Waals surface area contributed by atoms with Gasteiger partial charge in [0.2, 0.25) is 0 Å². The molecule has 8 heteroatoms. The maximum absolute atomic E-state index is 11.6. The standard InChI is InChI=1S/C4H6F3O4P/c1-10-12(9,11-2)3(8)4(5,6)7/h1-2H3. The number of carbonyl (C=O) groups is 1. The number of rotatable bonds is 3. The molecule has 0 spiro atoms. The average Bonchev–Trinajstić information content (AvgIpc) is 2.00. The SMILES string of the molecule is COP(=O)(OC)C(=O)C(F)(F)F. The predicted octanol–water partition coefficient (Wildman–Crippen LogP) is 1.56. The van der Waals surface area contributed by atoms with Crippen molar-refractivity contribution >= 4 is 13.1 Å². The van der Waals surface area contributed by atoms with Gasteiger partial charge in [-0.15, -0.1) is 0 Å². The third-order valence-electron chi connectivity index (χ3n) is 0.972. The lowest BCUT2D eigenvalue weighted by atomic mass is 10.8. The van der Waals surface area contributed by atoms with Crippen molar-refractivity contribution in [1.29, 1.82) is 0 Å². The summed E-state index contributed by atoms with van der Waals surface area (Å²) in [5.74, 6) is 0. The third-order valence-corrected chi connectivity index (χ3v) is 2.68. The molecule has 72 valence electrons. The molecule has 0 rings (SSSR count). The molecule has 0 aromatic rings. The van der Waals surface area contributed by atoms with E-state index in [4.69, 9.17) is 0 Å². The van der Waals surface area contributed by atoms with Gasteiger partial charge in [-0.1, -0.05) is 0 Å². The number of hydrogen-bond donors (Lipinski definition) is 0. The Morgan fingerprint density at radius 2 is 1.58 bits per heavy atom. The Kier molecular flexibility index (Phi) is 3.44. The van der Waals surface area contributed by atoms with Gasteiger partial charge < -0.3 is 9.05 Å². The summed E-state index contributed by atoms with van der Waals surface area (Å²) in [6.45, 7) is 0. The first-order valence-corrected chi connectivity index (χ1v) is 4.15. The molecule has 0 atom stereocenters. The number of alkyl halides is 3. The van der Waals surface area contributed by atoms with Crippen LogP contribution < -0.4 is 0 Å². The first-order chi connectivity index (χ1) is 5.28. The molecular weight excluding hydrogens is 200 g/mol. The highest BCUT2D eigenvalue weighted by Gasteiger charge is 2.52. The minimum Gasteiger partial charge on any atom is -0.306 e. The number of carbonyl (C=O) groups excluding carboxylic acids is 1. The molecule has 0 N–H and O–H groups in total. The fourth-order valence-corrected chi connectivity index (χ4v) is 1.19. The van der Waals surface area contributed by atoms with E-state index in [1.165, 1.54) is 0 Å². The molecule has 4 nitrogen and oxygen atoms in total. The van der Waals surface area contributed by atoms with Crippen LogP contribution in [-0.4, -0.2) is 25.9 Å². The van der Waals surface area contributed by atoms with Crippen molar-refractivity contribution in [3.63, 3.8) is 0 Å². The van der Waals surface area contributed by atoms with Crippen LogP contribution in [0.2, 0.25) is 0 Å². The third kappa shape index (κ3) is 2.30. The van der Waals surface area contributed by atoms with Crippen molar-refractivity contribution in [2.75, 3.05) is 14.2 Å². The number of halogens is 3. The molecule has 0 amide bonds. The minimum atomic E-state index is -5.21. The first-order valence-electron chi connectivity index (χ1n) is 2.61. The molecule has 0 aliphatic carbocycles. The summed E-state index contributed by atoms with van der Waals surface area (Å²) in [6, 6.07) is 0. The van der Waals surface area contributed by atoms with E-state index in [0.29, 0.717) is 14.2 Å². The molecule has 0 saturated heterocycles. The molecule has 0 saturated carbocycles. The lowest BCUT2D eigenvalue weighted by Crippen LogP contribution is -2.23. The minimum absolute atomic E-state index is 0.702. The topological polar surface area (TPSA) is 52.6 Å². The van der Waals surface area contributed by atoms with Crippen LogP contribution in [0.3, 0.4) is 0 Å². The Labute approximate surface area is 66.2 Å². The van der Waals surface area contributed by atoms with E-state index < -0.39 is 19.3 Å². The molecule has 0 fully saturated rings. The van der Waals surface area contributed by atoms with Crippen molar-refractivity contribution in [3.05, 3.63) is 0 Å². The van der Waals surface area contributed by atoms with Crippen LogP contribution in [0.4, 0.5) is 13.2 Å². The summed E-state index contributed by atoms with van der Waals surface area (Å²) in [5, 5.41) is 0.